The first-order valence-corrected chi connectivity index (χ1v) is 8.71. The second kappa shape index (κ2) is 9.58. The molecule has 0 unspecified atom stereocenters. The molecule has 1 aromatic carbocycles. The van der Waals surface area contributed by atoms with Crippen LogP contribution in [-0.4, -0.2) is 30.4 Å². The molecule has 2 rings (SSSR count). The molecular formula is C18H21N3O3S. The molecule has 132 valence electrons. The average molecular weight is 359 g/mol. The molecule has 0 aliphatic heterocycles. The number of aromatic nitrogens is 1. The van der Waals surface area contributed by atoms with Gasteiger partial charge in [0, 0.05) is 10.9 Å². The summed E-state index contributed by atoms with van der Waals surface area (Å²) in [5, 5.41) is 6.59. The molecule has 25 heavy (non-hydrogen) atoms. The maximum atomic E-state index is 11.4. The maximum absolute atomic E-state index is 11.4. The molecule has 0 aliphatic carbocycles. The molecule has 1 N–H and O–H groups in total. The lowest BCUT2D eigenvalue weighted by atomic mass is 10.2. The lowest BCUT2D eigenvalue weighted by Crippen LogP contribution is -2.07. The van der Waals surface area contributed by atoms with Crippen molar-refractivity contribution in [2.45, 2.75) is 20.3 Å². The Morgan fingerprint density at radius 1 is 1.44 bits per heavy atom. The van der Waals surface area contributed by atoms with Gasteiger partial charge in [-0.3, -0.25) is 10.2 Å². The monoisotopic (exact) mass is 359 g/mol. The summed E-state index contributed by atoms with van der Waals surface area (Å²) in [6.07, 6.45) is 1.83. The van der Waals surface area contributed by atoms with E-state index < -0.39 is 0 Å². The molecule has 0 aliphatic rings. The number of hydrazone groups is 1. The van der Waals surface area contributed by atoms with Gasteiger partial charge in [-0.05, 0) is 31.6 Å². The number of nitrogens with one attached hydrogen (secondary N) is 1. The third-order valence-corrected chi connectivity index (χ3v) is 3.74. The number of carbonyl (C=O) groups is 1. The van der Waals surface area contributed by atoms with Crippen molar-refractivity contribution in [3.05, 3.63) is 53.1 Å². The van der Waals surface area contributed by atoms with E-state index in [4.69, 9.17) is 9.47 Å². The largest absolute Gasteiger partial charge is 0.489 e. The highest BCUT2D eigenvalue weighted by molar-refractivity contribution is 7.13. The highest BCUT2D eigenvalue weighted by Crippen LogP contribution is 2.18. The predicted octanol–water partition coefficient (Wildman–Crippen LogP) is 3.65. The van der Waals surface area contributed by atoms with Crippen molar-refractivity contribution in [3.8, 4) is 5.75 Å². The van der Waals surface area contributed by atoms with Crippen LogP contribution in [0.2, 0.25) is 0 Å². The first-order chi connectivity index (χ1) is 12.1. The molecule has 0 bridgehead atoms. The summed E-state index contributed by atoms with van der Waals surface area (Å²) in [7, 11) is 0. The van der Waals surface area contributed by atoms with Gasteiger partial charge in [-0.25, -0.2) is 4.98 Å². The summed E-state index contributed by atoms with van der Waals surface area (Å²) >= 11 is 1.38. The fourth-order valence-electron chi connectivity index (χ4n) is 1.88. The summed E-state index contributed by atoms with van der Waals surface area (Å²) in [5.74, 6) is 0.449. The van der Waals surface area contributed by atoms with E-state index >= 15 is 0 Å². The van der Waals surface area contributed by atoms with Crippen molar-refractivity contribution >= 4 is 28.7 Å². The summed E-state index contributed by atoms with van der Waals surface area (Å²) in [6, 6.07) is 7.61. The molecule has 0 radical (unpaired) electrons. The quantitative estimate of drug-likeness (QED) is 0.320. The van der Waals surface area contributed by atoms with E-state index in [0.29, 0.717) is 24.0 Å². The van der Waals surface area contributed by atoms with Gasteiger partial charge in [-0.1, -0.05) is 18.7 Å². The normalized spacial score (nSPS) is 10.6. The number of hydrogen-bond acceptors (Lipinski definition) is 7. The third-order valence-electron chi connectivity index (χ3n) is 2.94. The van der Waals surface area contributed by atoms with Gasteiger partial charge in [0.1, 0.15) is 12.4 Å². The molecule has 0 amide bonds. The minimum Gasteiger partial charge on any atom is -0.489 e. The number of thiazole rings is 1. The van der Waals surface area contributed by atoms with Crippen LogP contribution >= 0.6 is 11.3 Å². The molecule has 0 atom stereocenters. The van der Waals surface area contributed by atoms with Crippen LogP contribution in [-0.2, 0) is 16.0 Å². The lowest BCUT2D eigenvalue weighted by molar-refractivity contribution is -0.142. The van der Waals surface area contributed by atoms with E-state index in [9.17, 15) is 4.79 Å². The average Bonchev–Trinajstić information content (AvgIpc) is 3.01. The highest BCUT2D eigenvalue weighted by Gasteiger charge is 2.08. The molecule has 2 aromatic rings. The first-order valence-electron chi connectivity index (χ1n) is 7.83. The smallest absolute Gasteiger partial charge is 0.311 e. The van der Waals surface area contributed by atoms with Crippen molar-refractivity contribution in [2.24, 2.45) is 5.10 Å². The highest BCUT2D eigenvalue weighted by atomic mass is 32.1. The van der Waals surface area contributed by atoms with Gasteiger partial charge in [0.2, 0.25) is 5.13 Å². The summed E-state index contributed by atoms with van der Waals surface area (Å²) < 4.78 is 10.6. The Hall–Kier alpha value is -2.67. The summed E-state index contributed by atoms with van der Waals surface area (Å²) in [6.45, 7) is 8.34. The number of hydrogen-bond donors (Lipinski definition) is 1. The van der Waals surface area contributed by atoms with Crippen LogP contribution in [0.25, 0.3) is 0 Å². The van der Waals surface area contributed by atoms with Crippen LogP contribution in [0.4, 0.5) is 5.13 Å². The molecule has 0 fully saturated rings. The van der Waals surface area contributed by atoms with E-state index in [0.717, 1.165) is 16.9 Å². The number of ether oxygens (including phenoxy) is 2. The minimum absolute atomic E-state index is 0.160. The lowest BCUT2D eigenvalue weighted by Gasteiger charge is -2.08. The number of carbonyl (C=O) groups excluding carboxylic acids is 1. The second-order valence-corrected chi connectivity index (χ2v) is 6.14. The van der Waals surface area contributed by atoms with E-state index in [-0.39, 0.29) is 12.4 Å². The number of rotatable bonds is 9. The molecule has 0 saturated heterocycles. The SMILES string of the molecule is C=C(C)COc1ccccc1C=NNc1nc(CC(=O)OCC)cs1. The number of esters is 1. The molecule has 1 aromatic heterocycles. The Kier molecular flexibility index (Phi) is 7.16. The zero-order valence-corrected chi connectivity index (χ0v) is 15.1. The number of anilines is 1. The minimum atomic E-state index is -0.286. The maximum Gasteiger partial charge on any atom is 0.311 e. The van der Waals surface area contributed by atoms with Gasteiger partial charge in [0.15, 0.2) is 0 Å². The number of benzene rings is 1. The first kappa shape index (κ1) is 18.7. The van der Waals surface area contributed by atoms with Crippen molar-refractivity contribution in [3.63, 3.8) is 0 Å². The van der Waals surface area contributed by atoms with Crippen molar-refractivity contribution < 1.29 is 14.3 Å². The molecular weight excluding hydrogens is 338 g/mol. The van der Waals surface area contributed by atoms with Crippen LogP contribution in [0.3, 0.4) is 0 Å². The van der Waals surface area contributed by atoms with Gasteiger partial charge in [0.25, 0.3) is 0 Å². The van der Waals surface area contributed by atoms with E-state index in [1.165, 1.54) is 11.3 Å². The predicted molar refractivity (Wildman–Crippen MR) is 100 cm³/mol. The van der Waals surface area contributed by atoms with E-state index in [1.54, 1.807) is 18.5 Å². The van der Waals surface area contributed by atoms with E-state index in [1.807, 2.05) is 31.2 Å². The van der Waals surface area contributed by atoms with E-state index in [2.05, 4.69) is 22.1 Å². The molecule has 1 heterocycles. The van der Waals surface area contributed by atoms with Gasteiger partial charge in [-0.15, -0.1) is 11.3 Å². The van der Waals surface area contributed by atoms with Crippen LogP contribution in [0.1, 0.15) is 25.1 Å². The topological polar surface area (TPSA) is 72.8 Å². The van der Waals surface area contributed by atoms with Crippen molar-refractivity contribution in [1.29, 1.82) is 0 Å². The van der Waals surface area contributed by atoms with Crippen LogP contribution in [0.15, 0.2) is 46.9 Å². The fourth-order valence-corrected chi connectivity index (χ4v) is 2.54. The second-order valence-electron chi connectivity index (χ2n) is 5.28. The molecule has 6 nitrogen and oxygen atoms in total. The van der Waals surface area contributed by atoms with Gasteiger partial charge < -0.3 is 9.47 Å². The van der Waals surface area contributed by atoms with Crippen LogP contribution in [0.5, 0.6) is 5.75 Å². The Morgan fingerprint density at radius 3 is 3.00 bits per heavy atom. The summed E-state index contributed by atoms with van der Waals surface area (Å²) in [5.41, 5.74) is 5.31. The van der Waals surface area contributed by atoms with Crippen LogP contribution < -0.4 is 10.2 Å². The standard InChI is InChI=1S/C18H21N3O3S/c1-4-23-17(22)9-15-12-25-18(20-15)21-19-10-14-7-5-6-8-16(14)24-11-13(2)3/h5-8,10,12H,2,4,9,11H2,1,3H3,(H,20,21). The van der Waals surface area contributed by atoms with Crippen molar-refractivity contribution in [2.75, 3.05) is 18.6 Å². The molecule has 0 spiro atoms. The summed E-state index contributed by atoms with van der Waals surface area (Å²) in [4.78, 5) is 15.7. The van der Waals surface area contributed by atoms with Gasteiger partial charge in [-0.2, -0.15) is 5.10 Å². The number of para-hydroxylation sites is 1. The van der Waals surface area contributed by atoms with Gasteiger partial charge >= 0.3 is 5.97 Å². The molecule has 7 heteroatoms. The number of nitrogens with zero attached hydrogens (tertiary/aromatic N) is 2. The fraction of sp³-hybridized carbons (Fsp3) is 0.278. The Bertz CT molecular complexity index is 756. The molecule has 0 saturated carbocycles. The zero-order chi connectivity index (χ0) is 18.1. The Morgan fingerprint density at radius 2 is 2.24 bits per heavy atom. The Balaban J connectivity index is 1.94. The van der Waals surface area contributed by atoms with Crippen LogP contribution in [0, 0.1) is 0 Å². The van der Waals surface area contributed by atoms with Gasteiger partial charge in [0.05, 0.1) is 24.9 Å². The zero-order valence-electron chi connectivity index (χ0n) is 14.3. The third kappa shape index (κ3) is 6.39. The Labute approximate surface area is 151 Å². The van der Waals surface area contributed by atoms with Crippen molar-refractivity contribution in [1.82, 2.24) is 4.98 Å².